The van der Waals surface area contributed by atoms with Crippen LogP contribution in [0.4, 0.5) is 0 Å². The lowest BCUT2D eigenvalue weighted by Crippen LogP contribution is -2.22. The predicted octanol–water partition coefficient (Wildman–Crippen LogP) is 3.56. The number of carbonyl (C=O) groups is 1. The average molecular weight is 291 g/mol. The third-order valence-electron chi connectivity index (χ3n) is 3.02. The van der Waals surface area contributed by atoms with Crippen LogP contribution in [0.3, 0.4) is 0 Å². The van der Waals surface area contributed by atoms with Gasteiger partial charge in [0.1, 0.15) is 0 Å². The van der Waals surface area contributed by atoms with Gasteiger partial charge in [-0.05, 0) is 29.2 Å². The molecule has 0 bridgehead atoms. The van der Waals surface area contributed by atoms with Crippen LogP contribution in [-0.4, -0.2) is 10.9 Å². The molecule has 1 amide bonds. The number of carbonyl (C=O) groups excluding carboxylic acids is 1. The Balaban J connectivity index is 0.00000200. The van der Waals surface area contributed by atoms with Gasteiger partial charge >= 0.3 is 0 Å². The van der Waals surface area contributed by atoms with E-state index in [9.17, 15) is 4.79 Å². The van der Waals surface area contributed by atoms with Crippen molar-refractivity contribution in [1.82, 2.24) is 10.3 Å². The molecule has 0 spiro atoms. The SMILES string of the molecule is CC(C)c1ccc(CNC(=O)c2cccnc2)cc1.Cl. The first kappa shape index (κ1) is 16.2. The highest BCUT2D eigenvalue weighted by Gasteiger charge is 2.04. The molecule has 0 aliphatic heterocycles. The molecular weight excluding hydrogens is 272 g/mol. The minimum absolute atomic E-state index is 0. The lowest BCUT2D eigenvalue weighted by Gasteiger charge is -2.08. The molecule has 1 aromatic carbocycles. The van der Waals surface area contributed by atoms with Gasteiger partial charge in [-0.15, -0.1) is 12.4 Å². The molecule has 106 valence electrons. The van der Waals surface area contributed by atoms with Gasteiger partial charge in [0.15, 0.2) is 0 Å². The van der Waals surface area contributed by atoms with Crippen LogP contribution in [0.5, 0.6) is 0 Å². The van der Waals surface area contributed by atoms with E-state index in [1.165, 1.54) is 5.56 Å². The van der Waals surface area contributed by atoms with Crippen molar-refractivity contribution < 1.29 is 4.79 Å². The number of pyridine rings is 1. The number of hydrogen-bond donors (Lipinski definition) is 1. The van der Waals surface area contributed by atoms with Gasteiger partial charge in [0.2, 0.25) is 0 Å². The summed E-state index contributed by atoms with van der Waals surface area (Å²) < 4.78 is 0. The van der Waals surface area contributed by atoms with Gasteiger partial charge in [0.05, 0.1) is 5.56 Å². The molecule has 0 atom stereocenters. The number of amides is 1. The van der Waals surface area contributed by atoms with Crippen LogP contribution in [0.1, 0.15) is 41.3 Å². The quantitative estimate of drug-likeness (QED) is 0.935. The van der Waals surface area contributed by atoms with Gasteiger partial charge in [0, 0.05) is 18.9 Å². The topological polar surface area (TPSA) is 42.0 Å². The minimum Gasteiger partial charge on any atom is -0.348 e. The Hall–Kier alpha value is -1.87. The smallest absolute Gasteiger partial charge is 0.253 e. The molecule has 1 N–H and O–H groups in total. The maximum Gasteiger partial charge on any atom is 0.253 e. The highest BCUT2D eigenvalue weighted by molar-refractivity contribution is 5.93. The van der Waals surface area contributed by atoms with Crippen LogP contribution >= 0.6 is 12.4 Å². The first-order valence-corrected chi connectivity index (χ1v) is 6.44. The summed E-state index contributed by atoms with van der Waals surface area (Å²) in [5, 5.41) is 2.88. The molecule has 2 rings (SSSR count). The summed E-state index contributed by atoms with van der Waals surface area (Å²) in [6.45, 7) is 4.87. The Bertz CT molecular complexity index is 538. The molecule has 0 saturated heterocycles. The van der Waals surface area contributed by atoms with Crippen molar-refractivity contribution in [1.29, 1.82) is 0 Å². The molecule has 0 unspecified atom stereocenters. The molecule has 20 heavy (non-hydrogen) atoms. The number of rotatable bonds is 4. The number of aromatic nitrogens is 1. The first-order chi connectivity index (χ1) is 9.16. The van der Waals surface area contributed by atoms with Crippen molar-refractivity contribution in [2.45, 2.75) is 26.3 Å². The summed E-state index contributed by atoms with van der Waals surface area (Å²) in [4.78, 5) is 15.8. The lowest BCUT2D eigenvalue weighted by atomic mass is 10.0. The fourth-order valence-electron chi connectivity index (χ4n) is 1.80. The van der Waals surface area contributed by atoms with Crippen LogP contribution in [-0.2, 0) is 6.54 Å². The normalized spacial score (nSPS) is 9.95. The van der Waals surface area contributed by atoms with Crippen molar-refractivity contribution >= 4 is 18.3 Å². The molecule has 3 nitrogen and oxygen atoms in total. The highest BCUT2D eigenvalue weighted by atomic mass is 35.5. The Labute approximate surface area is 125 Å². The van der Waals surface area contributed by atoms with Gasteiger partial charge in [-0.2, -0.15) is 0 Å². The maximum absolute atomic E-state index is 11.8. The van der Waals surface area contributed by atoms with Crippen LogP contribution in [0.25, 0.3) is 0 Å². The molecule has 0 fully saturated rings. The summed E-state index contributed by atoms with van der Waals surface area (Å²) in [7, 11) is 0. The third-order valence-corrected chi connectivity index (χ3v) is 3.02. The second-order valence-corrected chi connectivity index (χ2v) is 4.82. The predicted molar refractivity (Wildman–Crippen MR) is 83.2 cm³/mol. The Morgan fingerprint density at radius 2 is 1.90 bits per heavy atom. The fraction of sp³-hybridized carbons (Fsp3) is 0.250. The Morgan fingerprint density at radius 1 is 1.20 bits per heavy atom. The van der Waals surface area contributed by atoms with Crippen LogP contribution in [0.2, 0.25) is 0 Å². The van der Waals surface area contributed by atoms with Gasteiger partial charge < -0.3 is 5.32 Å². The molecule has 1 heterocycles. The zero-order chi connectivity index (χ0) is 13.7. The van der Waals surface area contributed by atoms with Crippen molar-refractivity contribution in [3.8, 4) is 0 Å². The van der Waals surface area contributed by atoms with E-state index >= 15 is 0 Å². The van der Waals surface area contributed by atoms with Crippen LogP contribution in [0.15, 0.2) is 48.8 Å². The molecule has 2 aromatic rings. The zero-order valence-electron chi connectivity index (χ0n) is 11.7. The zero-order valence-corrected chi connectivity index (χ0v) is 12.5. The van der Waals surface area contributed by atoms with E-state index in [0.29, 0.717) is 18.0 Å². The van der Waals surface area contributed by atoms with E-state index in [1.54, 1.807) is 24.5 Å². The van der Waals surface area contributed by atoms with Crippen molar-refractivity contribution in [3.63, 3.8) is 0 Å². The second kappa shape index (κ2) is 7.65. The van der Waals surface area contributed by atoms with E-state index in [2.05, 4.69) is 48.4 Å². The van der Waals surface area contributed by atoms with Gasteiger partial charge in [-0.3, -0.25) is 9.78 Å². The Kier molecular flexibility index (Phi) is 6.19. The largest absolute Gasteiger partial charge is 0.348 e. The Morgan fingerprint density at radius 3 is 2.45 bits per heavy atom. The fourth-order valence-corrected chi connectivity index (χ4v) is 1.80. The third kappa shape index (κ3) is 4.35. The number of halogens is 1. The van der Waals surface area contributed by atoms with Crippen molar-refractivity contribution in [3.05, 3.63) is 65.5 Å². The van der Waals surface area contributed by atoms with E-state index in [-0.39, 0.29) is 18.3 Å². The molecular formula is C16H19ClN2O. The number of nitrogens with zero attached hydrogens (tertiary/aromatic N) is 1. The van der Waals surface area contributed by atoms with E-state index in [4.69, 9.17) is 0 Å². The summed E-state index contributed by atoms with van der Waals surface area (Å²) in [6.07, 6.45) is 3.22. The van der Waals surface area contributed by atoms with Gasteiger partial charge in [0.25, 0.3) is 5.91 Å². The summed E-state index contributed by atoms with van der Waals surface area (Å²) in [5.41, 5.74) is 2.99. The molecule has 0 aliphatic carbocycles. The molecule has 0 saturated carbocycles. The molecule has 1 aromatic heterocycles. The van der Waals surface area contributed by atoms with Gasteiger partial charge in [-0.25, -0.2) is 0 Å². The summed E-state index contributed by atoms with van der Waals surface area (Å²) in [5.74, 6) is 0.431. The molecule has 0 radical (unpaired) electrons. The van der Waals surface area contributed by atoms with Crippen molar-refractivity contribution in [2.24, 2.45) is 0 Å². The lowest BCUT2D eigenvalue weighted by molar-refractivity contribution is 0.0950. The first-order valence-electron chi connectivity index (χ1n) is 6.44. The number of benzene rings is 1. The molecule has 0 aliphatic rings. The number of nitrogens with one attached hydrogen (secondary N) is 1. The summed E-state index contributed by atoms with van der Waals surface area (Å²) >= 11 is 0. The monoisotopic (exact) mass is 290 g/mol. The standard InChI is InChI=1S/C16H18N2O.ClH/c1-12(2)14-7-5-13(6-8-14)10-18-16(19)15-4-3-9-17-11-15;/h3-9,11-12H,10H2,1-2H3,(H,18,19);1H. The highest BCUT2D eigenvalue weighted by Crippen LogP contribution is 2.14. The van der Waals surface area contributed by atoms with Crippen LogP contribution in [0, 0.1) is 0 Å². The van der Waals surface area contributed by atoms with E-state index in [0.717, 1.165) is 5.56 Å². The van der Waals surface area contributed by atoms with E-state index in [1.807, 2.05) is 0 Å². The summed E-state index contributed by atoms with van der Waals surface area (Å²) in [6, 6.07) is 11.8. The molecule has 4 heteroatoms. The van der Waals surface area contributed by atoms with Crippen molar-refractivity contribution in [2.75, 3.05) is 0 Å². The van der Waals surface area contributed by atoms with E-state index < -0.39 is 0 Å². The average Bonchev–Trinajstić information content (AvgIpc) is 2.46. The minimum atomic E-state index is -0.0963. The second-order valence-electron chi connectivity index (χ2n) is 4.82. The van der Waals surface area contributed by atoms with Crippen LogP contribution < -0.4 is 5.32 Å². The maximum atomic E-state index is 11.8. The number of hydrogen-bond acceptors (Lipinski definition) is 2. The van der Waals surface area contributed by atoms with Gasteiger partial charge in [-0.1, -0.05) is 38.1 Å².